The number of aryl methyl sites for hydroxylation is 2. The Kier molecular flexibility index (Phi) is 9.35. The zero-order chi connectivity index (χ0) is 48.2. The minimum atomic E-state index is -0.317. The smallest absolute Gasteiger partial charge is 0.159 e. The molecule has 2 heterocycles. The first-order valence-electron chi connectivity index (χ1n) is 24.2. The van der Waals surface area contributed by atoms with Crippen molar-refractivity contribution in [3.05, 3.63) is 241 Å². The van der Waals surface area contributed by atoms with Crippen LogP contribution in [0.2, 0.25) is 0 Å². The third kappa shape index (κ3) is 6.35. The van der Waals surface area contributed by atoms with E-state index in [1.54, 1.807) is 0 Å². The van der Waals surface area contributed by atoms with Gasteiger partial charge in [0.25, 0.3) is 0 Å². The van der Waals surface area contributed by atoms with Crippen LogP contribution in [0.5, 0.6) is 0 Å². The van der Waals surface area contributed by atoms with Gasteiger partial charge in [-0.05, 0) is 130 Å². The Balaban J connectivity index is 1.00. The van der Waals surface area contributed by atoms with Crippen molar-refractivity contribution in [2.24, 2.45) is 0 Å². The van der Waals surface area contributed by atoms with Gasteiger partial charge >= 0.3 is 0 Å². The number of hydrogen-bond acceptors (Lipinski definition) is 4. The van der Waals surface area contributed by atoms with E-state index in [1.807, 2.05) is 24.3 Å². The van der Waals surface area contributed by atoms with Gasteiger partial charge in [-0.1, -0.05) is 146 Å². The van der Waals surface area contributed by atoms with E-state index < -0.39 is 0 Å². The normalized spacial score (nSPS) is 11.9. The van der Waals surface area contributed by atoms with Gasteiger partial charge in [0.2, 0.25) is 0 Å². The fourth-order valence-corrected chi connectivity index (χ4v) is 11.3. The molecule has 0 amide bonds. The number of rotatable bonds is 8. The lowest BCUT2D eigenvalue weighted by molar-refractivity contribution is 0.627. The Morgan fingerprint density at radius 1 is 0.292 bits per heavy atom. The maximum absolute atomic E-state index is 14.9. The second kappa shape index (κ2) is 16.2. The Bertz CT molecular complexity index is 4170. The minimum absolute atomic E-state index is 0.317. The summed E-state index contributed by atoms with van der Waals surface area (Å²) in [6.07, 6.45) is 0. The Morgan fingerprint density at radius 2 is 0.653 bits per heavy atom. The van der Waals surface area contributed by atoms with Gasteiger partial charge in [-0.2, -0.15) is 0 Å². The quantitative estimate of drug-likeness (QED) is 0.142. The Hall–Kier alpha value is -9.26. The van der Waals surface area contributed by atoms with E-state index in [-0.39, 0.29) is 11.6 Å². The maximum Gasteiger partial charge on any atom is 0.159 e. The summed E-state index contributed by atoms with van der Waals surface area (Å²) in [5.41, 5.74) is 14.7. The van der Waals surface area contributed by atoms with Crippen molar-refractivity contribution in [1.29, 1.82) is 0 Å². The largest absolute Gasteiger partial charge is 0.453 e. The first-order chi connectivity index (χ1) is 35.4. The third-order valence-corrected chi connectivity index (χ3v) is 14.6. The third-order valence-electron chi connectivity index (χ3n) is 14.6. The molecule has 4 nitrogen and oxygen atoms in total. The Morgan fingerprint density at radius 3 is 1.07 bits per heavy atom. The Labute approximate surface area is 413 Å². The first kappa shape index (κ1) is 41.7. The van der Waals surface area contributed by atoms with E-state index in [4.69, 9.17) is 8.83 Å². The first-order valence-corrected chi connectivity index (χ1v) is 24.2. The van der Waals surface area contributed by atoms with E-state index in [0.717, 1.165) is 144 Å². The molecule has 12 aromatic carbocycles. The summed E-state index contributed by atoms with van der Waals surface area (Å²) in [5, 5.41) is 10.3. The monoisotopic (exact) mass is 932 g/mol. The van der Waals surface area contributed by atoms with E-state index in [0.29, 0.717) is 0 Å². The zero-order valence-corrected chi connectivity index (χ0v) is 39.3. The molecule has 342 valence electrons. The molecule has 0 aliphatic heterocycles. The molecule has 0 aliphatic rings. The molecule has 2 aromatic heterocycles. The van der Waals surface area contributed by atoms with Crippen molar-refractivity contribution in [2.75, 3.05) is 9.80 Å². The number of anilines is 6. The number of fused-ring (bicyclic) bond motifs is 6. The zero-order valence-electron chi connectivity index (χ0n) is 39.3. The predicted octanol–water partition coefficient (Wildman–Crippen LogP) is 19.6. The van der Waals surface area contributed by atoms with E-state index in [2.05, 4.69) is 194 Å². The van der Waals surface area contributed by atoms with Crippen molar-refractivity contribution in [3.63, 3.8) is 0 Å². The molecule has 6 heteroatoms. The highest BCUT2D eigenvalue weighted by Crippen LogP contribution is 2.51. The molecule has 0 radical (unpaired) electrons. The molecular formula is C66H42F2N2O2. The highest BCUT2D eigenvalue weighted by molar-refractivity contribution is 6.29. The van der Waals surface area contributed by atoms with Gasteiger partial charge in [0, 0.05) is 54.8 Å². The average Bonchev–Trinajstić information content (AvgIpc) is 4.00. The maximum atomic E-state index is 14.9. The van der Waals surface area contributed by atoms with Gasteiger partial charge in [0.05, 0.1) is 22.7 Å². The summed E-state index contributed by atoms with van der Waals surface area (Å²) in [5.74, 6) is -0.635. The predicted molar refractivity (Wildman–Crippen MR) is 294 cm³/mol. The van der Waals surface area contributed by atoms with Crippen LogP contribution in [-0.2, 0) is 0 Å². The lowest BCUT2D eigenvalue weighted by Gasteiger charge is -2.29. The summed E-state index contributed by atoms with van der Waals surface area (Å²) in [6.45, 7) is 4.25. The minimum Gasteiger partial charge on any atom is -0.453 e. The van der Waals surface area contributed by atoms with Crippen molar-refractivity contribution in [3.8, 4) is 22.3 Å². The van der Waals surface area contributed by atoms with Crippen LogP contribution in [0, 0.1) is 25.5 Å². The molecule has 0 bridgehead atoms. The van der Waals surface area contributed by atoms with Crippen LogP contribution in [0.4, 0.5) is 42.9 Å². The van der Waals surface area contributed by atoms with Gasteiger partial charge in [-0.3, -0.25) is 0 Å². The van der Waals surface area contributed by atoms with Gasteiger partial charge in [0.1, 0.15) is 22.8 Å². The fraction of sp³-hybridized carbons (Fsp3) is 0.0303. The number of furan rings is 2. The molecule has 0 fully saturated rings. The number of halogens is 2. The van der Waals surface area contributed by atoms with Crippen LogP contribution in [0.1, 0.15) is 11.1 Å². The van der Waals surface area contributed by atoms with Crippen LogP contribution in [0.3, 0.4) is 0 Å². The topological polar surface area (TPSA) is 32.8 Å². The van der Waals surface area contributed by atoms with E-state index in [1.165, 1.54) is 24.3 Å². The highest BCUT2D eigenvalue weighted by atomic mass is 19.1. The SMILES string of the molecule is Cc1ccccc1-c1cccc2c1oc1c(N(c3ccc(F)cc3)c3ccc4ccc5c(N(c6ccc(F)cc6)c6cccc7c6oc6c(-c8ccccc8C)cccc67)ccc6ccc3c4c65)cccc12. The lowest BCUT2D eigenvalue weighted by Crippen LogP contribution is -2.12. The lowest BCUT2D eigenvalue weighted by atomic mass is 9.91. The van der Waals surface area contributed by atoms with Crippen molar-refractivity contribution in [1.82, 2.24) is 0 Å². The molecule has 0 N–H and O–H groups in total. The van der Waals surface area contributed by atoms with Gasteiger partial charge in [-0.25, -0.2) is 8.78 Å². The summed E-state index contributed by atoms with van der Waals surface area (Å²) in [7, 11) is 0. The second-order valence-corrected chi connectivity index (χ2v) is 18.7. The number of para-hydroxylation sites is 4. The van der Waals surface area contributed by atoms with Crippen LogP contribution in [0.25, 0.3) is 98.4 Å². The number of hydrogen-bond donors (Lipinski definition) is 0. The van der Waals surface area contributed by atoms with Crippen LogP contribution < -0.4 is 9.80 Å². The molecule has 14 rings (SSSR count). The van der Waals surface area contributed by atoms with Crippen LogP contribution >= 0.6 is 0 Å². The molecule has 0 aliphatic carbocycles. The van der Waals surface area contributed by atoms with Crippen molar-refractivity contribution >= 4 is 110 Å². The molecule has 0 atom stereocenters. The summed E-state index contributed by atoms with van der Waals surface area (Å²) in [4.78, 5) is 4.39. The molecule has 14 aromatic rings. The summed E-state index contributed by atoms with van der Waals surface area (Å²) >= 11 is 0. The van der Waals surface area contributed by atoms with E-state index >= 15 is 0 Å². The van der Waals surface area contributed by atoms with Gasteiger partial charge < -0.3 is 18.6 Å². The molecule has 72 heavy (non-hydrogen) atoms. The number of benzene rings is 12. The molecule has 0 unspecified atom stereocenters. The van der Waals surface area contributed by atoms with Gasteiger partial charge in [0.15, 0.2) is 11.2 Å². The van der Waals surface area contributed by atoms with Crippen molar-refractivity contribution < 1.29 is 17.6 Å². The second-order valence-electron chi connectivity index (χ2n) is 18.7. The van der Waals surface area contributed by atoms with Crippen molar-refractivity contribution in [2.45, 2.75) is 13.8 Å². The average molecular weight is 933 g/mol. The molecule has 0 saturated heterocycles. The number of nitrogens with zero attached hydrogens (tertiary/aromatic N) is 2. The molecule has 0 saturated carbocycles. The fourth-order valence-electron chi connectivity index (χ4n) is 11.3. The standard InChI is InChI=1S/C66H42F2N2O2/c1-39-11-3-5-13-47(39)49-15-7-17-51-53-19-9-21-59(65(53)71-63(49)51)69(45-31-27-43(67)28-32-45)57-37-25-41-24-36-56-58(38-26-42-23-35-55(57)61(41)62(42)56)70(46-33-29-44(68)30-34-46)60-22-10-20-54-52-18-8-16-50(64(52)72-66(54)60)48-14-6-4-12-40(48)2/h3-38H,1-2H3. The summed E-state index contributed by atoms with van der Waals surface area (Å²) < 4.78 is 43.8. The van der Waals surface area contributed by atoms with Crippen LogP contribution in [0.15, 0.2) is 227 Å². The van der Waals surface area contributed by atoms with Gasteiger partial charge in [-0.15, -0.1) is 0 Å². The molecule has 0 spiro atoms. The summed E-state index contributed by atoms with van der Waals surface area (Å²) in [6, 6.07) is 72.8. The van der Waals surface area contributed by atoms with E-state index in [9.17, 15) is 8.78 Å². The molecular weight excluding hydrogens is 891 g/mol. The highest BCUT2D eigenvalue weighted by Gasteiger charge is 2.27. The van der Waals surface area contributed by atoms with Crippen LogP contribution in [-0.4, -0.2) is 0 Å².